The molecule has 0 aliphatic heterocycles. The van der Waals surface area contributed by atoms with Gasteiger partial charge in [0.25, 0.3) is 5.91 Å². The van der Waals surface area contributed by atoms with Gasteiger partial charge in [-0.2, -0.15) is 0 Å². The molecule has 0 fully saturated rings. The molecule has 0 aliphatic carbocycles. The van der Waals surface area contributed by atoms with Gasteiger partial charge in [0.15, 0.2) is 27.6 Å². The first kappa shape index (κ1) is 29.7. The molecule has 0 saturated carbocycles. The number of nitrogens with one attached hydrogen (secondary N) is 2. The standard InChI is InChI=1S/C29H28N6O6S2/c1-38-18-10-12-21(39-2)20(14-18)35-25(15-30-27(37)17-9-11-22(40-3)23(13-17)41-4)33-34-29(35)42-16-26(36)32-28-31-19-7-5-6-8-24(19)43-28/h5-14H,15-16H2,1-4H3,(H,30,37)(H,31,32,36). The van der Waals surface area contributed by atoms with Crippen LogP contribution >= 0.6 is 23.1 Å². The third-order valence-electron chi connectivity index (χ3n) is 6.25. The number of thioether (sulfide) groups is 1. The van der Waals surface area contributed by atoms with Crippen molar-refractivity contribution in [1.82, 2.24) is 25.1 Å². The van der Waals surface area contributed by atoms with Gasteiger partial charge in [0, 0.05) is 11.6 Å². The molecular weight excluding hydrogens is 592 g/mol. The van der Waals surface area contributed by atoms with Gasteiger partial charge >= 0.3 is 0 Å². The van der Waals surface area contributed by atoms with Crippen LogP contribution in [0.15, 0.2) is 65.8 Å². The lowest BCUT2D eigenvalue weighted by atomic mass is 10.2. The summed E-state index contributed by atoms with van der Waals surface area (Å²) in [6.07, 6.45) is 0. The number of nitrogens with zero attached hydrogens (tertiary/aromatic N) is 4. The zero-order valence-electron chi connectivity index (χ0n) is 23.7. The van der Waals surface area contributed by atoms with Crippen molar-refractivity contribution in [2.45, 2.75) is 11.7 Å². The number of para-hydroxylation sites is 1. The van der Waals surface area contributed by atoms with Crippen molar-refractivity contribution in [1.29, 1.82) is 0 Å². The Morgan fingerprint density at radius 3 is 2.40 bits per heavy atom. The van der Waals surface area contributed by atoms with Gasteiger partial charge in [0.2, 0.25) is 5.91 Å². The summed E-state index contributed by atoms with van der Waals surface area (Å²) in [7, 11) is 6.13. The zero-order chi connectivity index (χ0) is 30.3. The monoisotopic (exact) mass is 620 g/mol. The summed E-state index contributed by atoms with van der Waals surface area (Å²) in [5.74, 6) is 1.90. The van der Waals surface area contributed by atoms with Gasteiger partial charge in [-0.3, -0.25) is 14.2 Å². The van der Waals surface area contributed by atoms with Crippen LogP contribution in [0.4, 0.5) is 5.13 Å². The molecule has 2 amide bonds. The Kier molecular flexibility index (Phi) is 9.27. The number of methoxy groups -OCH3 is 4. The summed E-state index contributed by atoms with van der Waals surface area (Å²) in [6.45, 7) is 0.0268. The van der Waals surface area contributed by atoms with Gasteiger partial charge in [-0.15, -0.1) is 10.2 Å². The first-order valence-electron chi connectivity index (χ1n) is 12.9. The molecule has 3 aromatic carbocycles. The molecule has 12 nitrogen and oxygen atoms in total. The molecule has 5 aromatic rings. The maximum Gasteiger partial charge on any atom is 0.251 e. The molecule has 0 atom stereocenters. The molecule has 0 bridgehead atoms. The predicted octanol–water partition coefficient (Wildman–Crippen LogP) is 4.57. The number of ether oxygens (including phenoxy) is 4. The highest BCUT2D eigenvalue weighted by molar-refractivity contribution is 7.99. The molecule has 0 aliphatic rings. The SMILES string of the molecule is COc1ccc(OC)c(-n2c(CNC(=O)c3ccc(OC)c(OC)c3)nnc2SCC(=O)Nc2nc3ccccc3s2)c1. The van der Waals surface area contributed by atoms with Crippen molar-refractivity contribution in [2.75, 3.05) is 39.5 Å². The second-order valence-corrected chi connectivity index (χ2v) is 10.8. The molecule has 43 heavy (non-hydrogen) atoms. The van der Waals surface area contributed by atoms with E-state index in [9.17, 15) is 9.59 Å². The number of amides is 2. The zero-order valence-corrected chi connectivity index (χ0v) is 25.4. The molecule has 14 heteroatoms. The van der Waals surface area contributed by atoms with Gasteiger partial charge < -0.3 is 29.6 Å². The van der Waals surface area contributed by atoms with Crippen LogP contribution in [-0.2, 0) is 11.3 Å². The molecule has 222 valence electrons. The van der Waals surface area contributed by atoms with E-state index < -0.39 is 0 Å². The average molecular weight is 621 g/mol. The van der Waals surface area contributed by atoms with Crippen LogP contribution in [0.2, 0.25) is 0 Å². The van der Waals surface area contributed by atoms with Crippen molar-refractivity contribution in [3.8, 4) is 28.7 Å². The Labute approximate surface area is 255 Å². The topological polar surface area (TPSA) is 139 Å². The molecule has 2 heterocycles. The highest BCUT2D eigenvalue weighted by Gasteiger charge is 2.21. The Morgan fingerprint density at radius 2 is 1.65 bits per heavy atom. The van der Waals surface area contributed by atoms with E-state index in [4.69, 9.17) is 18.9 Å². The number of hydrogen-bond donors (Lipinski definition) is 2. The molecule has 0 saturated heterocycles. The maximum atomic E-state index is 13.0. The lowest BCUT2D eigenvalue weighted by Gasteiger charge is -2.15. The normalized spacial score (nSPS) is 10.8. The number of hydrogen-bond acceptors (Lipinski definition) is 11. The largest absolute Gasteiger partial charge is 0.497 e. The second-order valence-electron chi connectivity index (χ2n) is 8.85. The molecule has 2 aromatic heterocycles. The summed E-state index contributed by atoms with van der Waals surface area (Å²) in [5.41, 5.74) is 1.78. The fraction of sp³-hybridized carbons (Fsp3) is 0.207. The summed E-state index contributed by atoms with van der Waals surface area (Å²) in [5, 5.41) is 15.3. The summed E-state index contributed by atoms with van der Waals surface area (Å²) in [6, 6.07) is 17.9. The summed E-state index contributed by atoms with van der Waals surface area (Å²) in [4.78, 5) is 30.4. The van der Waals surface area contributed by atoms with E-state index in [1.54, 1.807) is 55.2 Å². The fourth-order valence-corrected chi connectivity index (χ4v) is 5.82. The number of benzene rings is 3. The third kappa shape index (κ3) is 6.65. The van der Waals surface area contributed by atoms with Gasteiger partial charge in [-0.25, -0.2) is 4.98 Å². The first-order valence-corrected chi connectivity index (χ1v) is 14.7. The number of carbonyl (C=O) groups is 2. The molecule has 5 rings (SSSR count). The average Bonchev–Trinajstić information content (AvgIpc) is 3.64. The van der Waals surface area contributed by atoms with Crippen molar-refractivity contribution >= 4 is 50.3 Å². The number of fused-ring (bicyclic) bond motifs is 1. The van der Waals surface area contributed by atoms with Crippen molar-refractivity contribution in [3.63, 3.8) is 0 Å². The Hall–Kier alpha value is -4.82. The molecular formula is C29H28N6O6S2. The van der Waals surface area contributed by atoms with Crippen molar-refractivity contribution in [3.05, 3.63) is 72.1 Å². The van der Waals surface area contributed by atoms with Crippen LogP contribution in [0.5, 0.6) is 23.0 Å². The lowest BCUT2D eigenvalue weighted by Crippen LogP contribution is -2.25. The highest BCUT2D eigenvalue weighted by atomic mass is 32.2. The Balaban J connectivity index is 1.38. The first-order chi connectivity index (χ1) is 20.9. The highest BCUT2D eigenvalue weighted by Crippen LogP contribution is 2.33. The van der Waals surface area contributed by atoms with Crippen LogP contribution in [0.25, 0.3) is 15.9 Å². The summed E-state index contributed by atoms with van der Waals surface area (Å²) >= 11 is 2.59. The second kappa shape index (κ2) is 13.4. The van der Waals surface area contributed by atoms with Crippen LogP contribution in [0.1, 0.15) is 16.2 Å². The molecule has 0 spiro atoms. The number of anilines is 1. The molecule has 0 radical (unpaired) electrons. The maximum absolute atomic E-state index is 13.0. The van der Waals surface area contributed by atoms with E-state index in [0.29, 0.717) is 50.4 Å². The summed E-state index contributed by atoms with van der Waals surface area (Å²) < 4.78 is 24.3. The Bertz CT molecular complexity index is 1740. The van der Waals surface area contributed by atoms with E-state index in [-0.39, 0.29) is 24.1 Å². The minimum Gasteiger partial charge on any atom is -0.497 e. The van der Waals surface area contributed by atoms with Gasteiger partial charge in [-0.1, -0.05) is 35.2 Å². The van der Waals surface area contributed by atoms with E-state index in [0.717, 1.165) is 10.2 Å². The van der Waals surface area contributed by atoms with Gasteiger partial charge in [-0.05, 0) is 42.5 Å². The van der Waals surface area contributed by atoms with E-state index in [1.807, 2.05) is 24.3 Å². The Morgan fingerprint density at radius 1 is 0.884 bits per heavy atom. The van der Waals surface area contributed by atoms with Crippen LogP contribution in [0.3, 0.4) is 0 Å². The van der Waals surface area contributed by atoms with E-state index in [1.165, 1.54) is 37.3 Å². The number of aromatic nitrogens is 4. The minimum atomic E-state index is -0.350. The third-order valence-corrected chi connectivity index (χ3v) is 8.13. The van der Waals surface area contributed by atoms with Gasteiger partial charge in [0.1, 0.15) is 11.5 Å². The van der Waals surface area contributed by atoms with Crippen LogP contribution in [-0.4, -0.2) is 65.8 Å². The van der Waals surface area contributed by atoms with Gasteiger partial charge in [0.05, 0.1) is 56.6 Å². The van der Waals surface area contributed by atoms with Crippen molar-refractivity contribution in [2.24, 2.45) is 0 Å². The van der Waals surface area contributed by atoms with E-state index >= 15 is 0 Å². The minimum absolute atomic E-state index is 0.0268. The predicted molar refractivity (Wildman–Crippen MR) is 164 cm³/mol. The quantitative estimate of drug-likeness (QED) is 0.191. The smallest absolute Gasteiger partial charge is 0.251 e. The number of rotatable bonds is 12. The number of thiazole rings is 1. The lowest BCUT2D eigenvalue weighted by molar-refractivity contribution is -0.113. The van der Waals surface area contributed by atoms with Crippen molar-refractivity contribution < 1.29 is 28.5 Å². The van der Waals surface area contributed by atoms with Crippen LogP contribution in [0, 0.1) is 0 Å². The molecule has 2 N–H and O–H groups in total. The molecule has 0 unspecified atom stereocenters. The van der Waals surface area contributed by atoms with E-state index in [2.05, 4.69) is 25.8 Å². The number of carbonyl (C=O) groups excluding carboxylic acids is 2. The van der Waals surface area contributed by atoms with Crippen LogP contribution < -0.4 is 29.6 Å². The fourth-order valence-electron chi connectivity index (χ4n) is 4.17.